The molecule has 120 valence electrons. The number of benzene rings is 1. The van der Waals surface area contributed by atoms with E-state index in [1.165, 1.54) is 29.2 Å². The summed E-state index contributed by atoms with van der Waals surface area (Å²) in [4.78, 5) is 24.7. The highest BCUT2D eigenvalue weighted by molar-refractivity contribution is 5.82. The van der Waals surface area contributed by atoms with Gasteiger partial charge in [-0.1, -0.05) is 0 Å². The Hall–Kier alpha value is -2.15. The number of hydrogen-bond donors (Lipinski definition) is 2. The van der Waals surface area contributed by atoms with Crippen LogP contribution in [0, 0.1) is 5.82 Å². The molecule has 1 atom stereocenters. The Kier molecular flexibility index (Phi) is 4.65. The van der Waals surface area contributed by atoms with Crippen LogP contribution in [0.1, 0.15) is 19.8 Å². The second kappa shape index (κ2) is 6.31. The summed E-state index contributed by atoms with van der Waals surface area (Å²) >= 11 is 0. The van der Waals surface area contributed by atoms with Crippen LogP contribution in [-0.4, -0.2) is 51.8 Å². The van der Waals surface area contributed by atoms with Crippen LogP contribution in [0.2, 0.25) is 0 Å². The van der Waals surface area contributed by atoms with E-state index in [1.54, 1.807) is 6.92 Å². The van der Waals surface area contributed by atoms with E-state index < -0.39 is 23.5 Å². The van der Waals surface area contributed by atoms with Crippen molar-refractivity contribution in [2.45, 2.75) is 31.5 Å². The predicted molar refractivity (Wildman–Crippen MR) is 74.9 cm³/mol. The minimum Gasteiger partial charge on any atom is -0.481 e. The van der Waals surface area contributed by atoms with Crippen LogP contribution in [0.4, 0.5) is 4.39 Å². The second-order valence-electron chi connectivity index (χ2n) is 5.38. The van der Waals surface area contributed by atoms with Crippen molar-refractivity contribution in [3.8, 4) is 5.75 Å². The Labute approximate surface area is 127 Å². The Morgan fingerprint density at radius 2 is 1.82 bits per heavy atom. The average molecular weight is 311 g/mol. The van der Waals surface area contributed by atoms with Crippen LogP contribution in [-0.2, 0) is 9.59 Å². The summed E-state index contributed by atoms with van der Waals surface area (Å²) in [6.45, 7) is 1.88. The van der Waals surface area contributed by atoms with Crippen molar-refractivity contribution >= 4 is 11.9 Å². The van der Waals surface area contributed by atoms with Crippen molar-refractivity contribution in [3.05, 3.63) is 30.1 Å². The number of aliphatic carboxylic acids is 1. The zero-order valence-corrected chi connectivity index (χ0v) is 12.2. The van der Waals surface area contributed by atoms with Gasteiger partial charge in [-0.05, 0) is 31.2 Å². The molecule has 1 amide bonds. The molecule has 2 N–H and O–H groups in total. The number of halogens is 1. The molecular weight excluding hydrogens is 293 g/mol. The largest absolute Gasteiger partial charge is 0.481 e. The van der Waals surface area contributed by atoms with Gasteiger partial charge in [-0.25, -0.2) is 9.18 Å². The number of carboxylic acid groups (broad SMARTS) is 1. The lowest BCUT2D eigenvalue weighted by Gasteiger charge is -2.36. The van der Waals surface area contributed by atoms with Crippen molar-refractivity contribution in [1.29, 1.82) is 0 Å². The number of likely N-dealkylation sites (tertiary alicyclic amines) is 1. The molecule has 1 aromatic carbocycles. The van der Waals surface area contributed by atoms with Gasteiger partial charge < -0.3 is 19.8 Å². The Balaban J connectivity index is 1.92. The highest BCUT2D eigenvalue weighted by atomic mass is 19.1. The van der Waals surface area contributed by atoms with Gasteiger partial charge in [0.25, 0.3) is 5.91 Å². The zero-order valence-electron chi connectivity index (χ0n) is 12.2. The summed E-state index contributed by atoms with van der Waals surface area (Å²) in [6, 6.07) is 5.33. The smallest absolute Gasteiger partial charge is 0.335 e. The van der Waals surface area contributed by atoms with Crippen LogP contribution in [0.3, 0.4) is 0 Å². The third-order valence-electron chi connectivity index (χ3n) is 3.77. The summed E-state index contributed by atoms with van der Waals surface area (Å²) in [7, 11) is 0. The maximum Gasteiger partial charge on any atom is 0.335 e. The van der Waals surface area contributed by atoms with Gasteiger partial charge in [0.2, 0.25) is 0 Å². The molecule has 1 unspecified atom stereocenters. The molecule has 0 saturated carbocycles. The van der Waals surface area contributed by atoms with Gasteiger partial charge in [0, 0.05) is 25.9 Å². The number of ether oxygens (including phenoxy) is 1. The van der Waals surface area contributed by atoms with Crippen molar-refractivity contribution in [2.24, 2.45) is 0 Å². The molecule has 1 aromatic rings. The quantitative estimate of drug-likeness (QED) is 0.867. The lowest BCUT2D eigenvalue weighted by molar-refractivity contribution is -0.166. The van der Waals surface area contributed by atoms with Crippen molar-refractivity contribution < 1.29 is 28.9 Å². The van der Waals surface area contributed by atoms with E-state index >= 15 is 0 Å². The van der Waals surface area contributed by atoms with Gasteiger partial charge in [0.15, 0.2) is 11.7 Å². The molecule has 1 aliphatic rings. The number of carbonyl (C=O) groups excluding carboxylic acids is 1. The number of piperidine rings is 1. The van der Waals surface area contributed by atoms with Gasteiger partial charge in [0.1, 0.15) is 11.6 Å². The number of hydrogen-bond acceptors (Lipinski definition) is 4. The topological polar surface area (TPSA) is 87.1 Å². The number of amides is 1. The molecule has 6 nitrogen and oxygen atoms in total. The van der Waals surface area contributed by atoms with Crippen LogP contribution < -0.4 is 4.74 Å². The molecule has 0 aromatic heterocycles. The van der Waals surface area contributed by atoms with Crippen LogP contribution in [0.25, 0.3) is 0 Å². The summed E-state index contributed by atoms with van der Waals surface area (Å²) in [5.41, 5.74) is -1.77. The molecule has 22 heavy (non-hydrogen) atoms. The van der Waals surface area contributed by atoms with Crippen molar-refractivity contribution in [1.82, 2.24) is 4.90 Å². The fourth-order valence-corrected chi connectivity index (χ4v) is 2.34. The first-order chi connectivity index (χ1) is 10.3. The molecule has 0 aliphatic carbocycles. The first-order valence-corrected chi connectivity index (χ1v) is 6.98. The third kappa shape index (κ3) is 3.54. The minimum absolute atomic E-state index is 0.0165. The lowest BCUT2D eigenvalue weighted by Crippen LogP contribution is -2.53. The third-order valence-corrected chi connectivity index (χ3v) is 3.77. The molecule has 0 bridgehead atoms. The number of carbonyl (C=O) groups is 2. The summed E-state index contributed by atoms with van der Waals surface area (Å²) < 4.78 is 18.3. The predicted octanol–water partition coefficient (Wildman–Crippen LogP) is 1.03. The summed E-state index contributed by atoms with van der Waals surface area (Å²) in [5, 5.41) is 18.8. The highest BCUT2D eigenvalue weighted by Crippen LogP contribution is 2.23. The van der Waals surface area contributed by atoms with E-state index in [4.69, 9.17) is 9.84 Å². The van der Waals surface area contributed by atoms with Gasteiger partial charge in [-0.2, -0.15) is 0 Å². The van der Waals surface area contributed by atoms with E-state index in [-0.39, 0.29) is 31.8 Å². The number of carboxylic acids is 1. The van der Waals surface area contributed by atoms with E-state index in [1.807, 2.05) is 0 Å². The van der Waals surface area contributed by atoms with Gasteiger partial charge in [-0.15, -0.1) is 0 Å². The summed E-state index contributed by atoms with van der Waals surface area (Å²) in [5.74, 6) is -1.58. The van der Waals surface area contributed by atoms with Crippen LogP contribution >= 0.6 is 0 Å². The van der Waals surface area contributed by atoms with E-state index in [2.05, 4.69) is 0 Å². The molecular formula is C15H18FNO5. The lowest BCUT2D eigenvalue weighted by atomic mass is 9.91. The molecule has 1 heterocycles. The maximum atomic E-state index is 12.8. The standard InChI is InChI=1S/C15H18FNO5/c1-10(22-12-4-2-11(16)3-5-12)13(18)17-8-6-15(21,7-9-17)14(19)20/h2-5,10,21H,6-9H2,1H3,(H,19,20). The van der Waals surface area contributed by atoms with E-state index in [9.17, 15) is 19.1 Å². The molecule has 2 rings (SSSR count). The number of rotatable bonds is 4. The molecule has 1 fully saturated rings. The van der Waals surface area contributed by atoms with Gasteiger partial charge >= 0.3 is 5.97 Å². The van der Waals surface area contributed by atoms with Gasteiger partial charge in [0.05, 0.1) is 0 Å². The fourth-order valence-electron chi connectivity index (χ4n) is 2.34. The first kappa shape index (κ1) is 16.2. The maximum absolute atomic E-state index is 12.8. The number of aliphatic hydroxyl groups is 1. The monoisotopic (exact) mass is 311 g/mol. The Morgan fingerprint density at radius 3 is 2.32 bits per heavy atom. The molecule has 0 radical (unpaired) electrons. The Bertz CT molecular complexity index is 552. The fraction of sp³-hybridized carbons (Fsp3) is 0.467. The second-order valence-corrected chi connectivity index (χ2v) is 5.38. The van der Waals surface area contributed by atoms with Crippen LogP contribution in [0.5, 0.6) is 5.75 Å². The highest BCUT2D eigenvalue weighted by Gasteiger charge is 2.41. The number of nitrogens with zero attached hydrogens (tertiary/aromatic N) is 1. The molecule has 0 spiro atoms. The average Bonchev–Trinajstić information content (AvgIpc) is 2.49. The Morgan fingerprint density at radius 1 is 1.27 bits per heavy atom. The molecule has 1 aliphatic heterocycles. The molecule has 7 heteroatoms. The van der Waals surface area contributed by atoms with E-state index in [0.29, 0.717) is 5.75 Å². The minimum atomic E-state index is -1.77. The SMILES string of the molecule is CC(Oc1ccc(F)cc1)C(=O)N1CCC(O)(C(=O)O)CC1. The van der Waals surface area contributed by atoms with Gasteiger partial charge in [-0.3, -0.25) is 4.79 Å². The summed E-state index contributed by atoms with van der Waals surface area (Å²) in [6.07, 6.45) is -0.809. The normalized spacial score (nSPS) is 18.6. The van der Waals surface area contributed by atoms with Crippen molar-refractivity contribution in [2.75, 3.05) is 13.1 Å². The zero-order chi connectivity index (χ0) is 16.3. The van der Waals surface area contributed by atoms with E-state index in [0.717, 1.165) is 0 Å². The van der Waals surface area contributed by atoms with Crippen molar-refractivity contribution in [3.63, 3.8) is 0 Å². The van der Waals surface area contributed by atoms with Crippen LogP contribution in [0.15, 0.2) is 24.3 Å². The first-order valence-electron chi connectivity index (χ1n) is 6.98. The molecule has 1 saturated heterocycles.